The van der Waals surface area contributed by atoms with E-state index in [-0.39, 0.29) is 54.5 Å². The van der Waals surface area contributed by atoms with Gasteiger partial charge < -0.3 is 31.6 Å². The molecule has 10 heteroatoms. The third kappa shape index (κ3) is 16.2. The fourth-order valence-electron chi connectivity index (χ4n) is 7.77. The number of hydrogen-bond donors (Lipinski definition) is 4. The van der Waals surface area contributed by atoms with Crippen LogP contribution in [0.5, 0.6) is 0 Å². The minimum atomic E-state index is -0.489. The van der Waals surface area contributed by atoms with Gasteiger partial charge in [0.15, 0.2) is 0 Å². The maximum atomic E-state index is 11.7. The van der Waals surface area contributed by atoms with E-state index in [0.717, 1.165) is 38.5 Å². The number of nitrogens with one attached hydrogen (secondary N) is 2. The van der Waals surface area contributed by atoms with E-state index in [1.54, 1.807) is 6.92 Å². The van der Waals surface area contributed by atoms with E-state index in [2.05, 4.69) is 52.2 Å². The lowest BCUT2D eigenvalue weighted by Gasteiger charge is -2.46. The zero-order valence-corrected chi connectivity index (χ0v) is 26.2. The number of rotatable bonds is 10. The molecule has 2 aliphatic rings. The molecule has 0 aromatic rings. The number of carbonyl (C=O) groups is 4. The van der Waals surface area contributed by atoms with Gasteiger partial charge in [0.1, 0.15) is 0 Å². The van der Waals surface area contributed by atoms with Crippen molar-refractivity contribution in [3.05, 3.63) is 0 Å². The van der Waals surface area contributed by atoms with Crippen molar-refractivity contribution in [1.82, 2.24) is 10.6 Å². The lowest BCUT2D eigenvalue weighted by atomic mass is 9.60. The van der Waals surface area contributed by atoms with Gasteiger partial charge in [-0.3, -0.25) is 9.59 Å². The number of urea groups is 1. The fourth-order valence-corrected chi connectivity index (χ4v) is 7.77. The first-order valence-corrected chi connectivity index (χ1v) is 14.7. The minimum absolute atomic E-state index is 0. The van der Waals surface area contributed by atoms with Crippen molar-refractivity contribution in [2.75, 3.05) is 26.3 Å². The number of carbonyl (C=O) groups excluding carboxylic acids is 4. The van der Waals surface area contributed by atoms with Crippen LogP contribution in [-0.4, -0.2) is 50.3 Å². The molecule has 2 rings (SSSR count). The molecule has 0 spiro atoms. The van der Waals surface area contributed by atoms with E-state index in [4.69, 9.17) is 20.9 Å². The predicted octanol–water partition coefficient (Wildman–Crippen LogP) is 6.15. The second-order valence-corrected chi connectivity index (χ2v) is 14.3. The summed E-state index contributed by atoms with van der Waals surface area (Å²) >= 11 is 0. The number of primary amides is 2. The highest BCUT2D eigenvalue weighted by atomic mass is 16.5. The minimum Gasteiger partial charge on any atom is -0.466 e. The Morgan fingerprint density at radius 3 is 1.52 bits per heavy atom. The molecule has 2 fully saturated rings. The molecule has 10 nitrogen and oxygen atoms in total. The van der Waals surface area contributed by atoms with Gasteiger partial charge in [-0.1, -0.05) is 56.4 Å². The van der Waals surface area contributed by atoms with E-state index in [1.807, 2.05) is 6.92 Å². The summed E-state index contributed by atoms with van der Waals surface area (Å²) in [7, 11) is 0. The summed E-state index contributed by atoms with van der Waals surface area (Å²) in [5.41, 5.74) is 10.8. The number of nitrogens with two attached hydrogens (primary N) is 2. The molecule has 2 aliphatic carbocycles. The molecule has 4 amide bonds. The van der Waals surface area contributed by atoms with Crippen LogP contribution in [0.15, 0.2) is 0 Å². The first-order valence-electron chi connectivity index (χ1n) is 14.7. The topological polar surface area (TPSA) is 163 Å². The van der Waals surface area contributed by atoms with Gasteiger partial charge >= 0.3 is 18.1 Å². The van der Waals surface area contributed by atoms with Gasteiger partial charge in [0.25, 0.3) is 0 Å². The zero-order chi connectivity index (χ0) is 30.8. The Kier molecular flexibility index (Phi) is 17.4. The molecule has 0 bridgehead atoms. The van der Waals surface area contributed by atoms with Crippen molar-refractivity contribution < 1.29 is 28.7 Å². The molecule has 42 heavy (non-hydrogen) atoms. The molecular formula is C32H64N4O6. The Morgan fingerprint density at radius 1 is 0.690 bits per heavy atom. The van der Waals surface area contributed by atoms with Crippen molar-refractivity contribution in [3.63, 3.8) is 0 Å². The normalized spacial score (nSPS) is 27.3. The lowest BCUT2D eigenvalue weighted by molar-refractivity contribution is -0.145. The largest absolute Gasteiger partial charge is 0.466 e. The third-order valence-corrected chi connectivity index (χ3v) is 7.93. The fraction of sp³-hybridized carbons (Fsp3) is 0.875. The van der Waals surface area contributed by atoms with Gasteiger partial charge in [-0.15, -0.1) is 0 Å². The van der Waals surface area contributed by atoms with Crippen molar-refractivity contribution in [2.45, 2.75) is 122 Å². The highest BCUT2D eigenvalue weighted by Gasteiger charge is 2.43. The highest BCUT2D eigenvalue weighted by molar-refractivity contribution is 5.74. The first-order chi connectivity index (χ1) is 18.3. The van der Waals surface area contributed by atoms with E-state index < -0.39 is 6.03 Å². The van der Waals surface area contributed by atoms with Crippen LogP contribution >= 0.6 is 0 Å². The summed E-state index contributed by atoms with van der Waals surface area (Å²) in [6.07, 6.45) is 6.39. The molecule has 6 N–H and O–H groups in total. The van der Waals surface area contributed by atoms with Gasteiger partial charge in [0.05, 0.1) is 13.2 Å². The molecule has 4 unspecified atom stereocenters. The number of esters is 1. The maximum Gasteiger partial charge on any atom is 0.407 e. The SMILES string of the molecule is C.C.CCOC(=O)CC1CC(C)(C)CC(C)(CNC(N)=O)C1.CCOC(=O)NCC1(C)CC(CC(N)=O)CC(C)(C)C1. The first kappa shape index (κ1) is 41.6. The quantitative estimate of drug-likeness (QED) is 0.220. The van der Waals surface area contributed by atoms with E-state index in [9.17, 15) is 19.2 Å². The summed E-state index contributed by atoms with van der Waals surface area (Å²) in [6, 6.07) is -0.489. The van der Waals surface area contributed by atoms with Crippen LogP contribution in [0.25, 0.3) is 0 Å². The average Bonchev–Trinajstić information content (AvgIpc) is 2.74. The Morgan fingerprint density at radius 2 is 1.12 bits per heavy atom. The van der Waals surface area contributed by atoms with Crippen LogP contribution in [0.3, 0.4) is 0 Å². The van der Waals surface area contributed by atoms with Crippen molar-refractivity contribution in [2.24, 2.45) is 45.0 Å². The summed E-state index contributed by atoms with van der Waals surface area (Å²) in [6.45, 7) is 18.7. The average molecular weight is 601 g/mol. The van der Waals surface area contributed by atoms with Crippen molar-refractivity contribution >= 4 is 24.0 Å². The molecule has 0 radical (unpaired) electrons. The smallest absolute Gasteiger partial charge is 0.407 e. The molecule has 0 heterocycles. The van der Waals surface area contributed by atoms with Crippen molar-refractivity contribution in [3.8, 4) is 0 Å². The van der Waals surface area contributed by atoms with Gasteiger partial charge in [0.2, 0.25) is 5.91 Å². The summed E-state index contributed by atoms with van der Waals surface area (Å²) in [5, 5.41) is 5.54. The Bertz CT molecular complexity index is 877. The van der Waals surface area contributed by atoms with Crippen molar-refractivity contribution in [1.29, 1.82) is 0 Å². The van der Waals surface area contributed by atoms with Crippen LogP contribution in [0.1, 0.15) is 122 Å². The van der Waals surface area contributed by atoms with Gasteiger partial charge in [-0.2, -0.15) is 0 Å². The molecule has 248 valence electrons. The van der Waals surface area contributed by atoms with Gasteiger partial charge in [-0.25, -0.2) is 9.59 Å². The zero-order valence-electron chi connectivity index (χ0n) is 26.2. The molecule has 0 saturated heterocycles. The second-order valence-electron chi connectivity index (χ2n) is 14.3. The Balaban J connectivity index is 0. The number of amides is 4. The van der Waals surface area contributed by atoms with Crippen LogP contribution in [-0.2, 0) is 19.1 Å². The molecule has 0 aromatic heterocycles. The molecule has 4 atom stereocenters. The van der Waals surface area contributed by atoms with Gasteiger partial charge in [0, 0.05) is 25.9 Å². The molecule has 0 aliphatic heterocycles. The van der Waals surface area contributed by atoms with Crippen LogP contribution < -0.4 is 22.1 Å². The van der Waals surface area contributed by atoms with Gasteiger partial charge in [-0.05, 0) is 85.9 Å². The number of alkyl carbamates (subject to hydrolysis) is 1. The Labute approximate surface area is 256 Å². The Hall–Kier alpha value is -2.52. The lowest BCUT2D eigenvalue weighted by Crippen LogP contribution is -2.45. The van der Waals surface area contributed by atoms with Crippen LogP contribution in [0.4, 0.5) is 9.59 Å². The molecule has 2 saturated carbocycles. The van der Waals surface area contributed by atoms with Crippen LogP contribution in [0, 0.1) is 33.5 Å². The summed E-state index contributed by atoms with van der Waals surface area (Å²) in [5.74, 6) is 0.233. The van der Waals surface area contributed by atoms with Crippen LogP contribution in [0.2, 0.25) is 0 Å². The number of ether oxygens (including phenoxy) is 2. The maximum absolute atomic E-state index is 11.7. The monoisotopic (exact) mass is 600 g/mol. The molecular weight excluding hydrogens is 536 g/mol. The molecule has 0 aromatic carbocycles. The third-order valence-electron chi connectivity index (χ3n) is 7.93. The summed E-state index contributed by atoms with van der Waals surface area (Å²) < 4.78 is 9.95. The highest BCUT2D eigenvalue weighted by Crippen LogP contribution is 2.50. The standard InChI is InChI=1S/2C15H28N2O3.2CH4/c1-5-20-12(18)6-11-7-14(2,3)9-15(4,8-11)10-17-13(16)19;1-5-20-13(19)17-10-15(4)8-11(6-12(16)18)7-14(2,3)9-15;;/h11H,5-10H2,1-4H3,(H3,16,17,19);11H,5-10H2,1-4H3,(H2,16,18)(H,17,19);2*1H4. The van der Waals surface area contributed by atoms with E-state index in [1.165, 1.54) is 0 Å². The summed E-state index contributed by atoms with van der Waals surface area (Å²) in [4.78, 5) is 45.2. The van der Waals surface area contributed by atoms with E-state index >= 15 is 0 Å². The predicted molar refractivity (Wildman–Crippen MR) is 170 cm³/mol. The number of hydrogen-bond acceptors (Lipinski definition) is 6. The second kappa shape index (κ2) is 17.6. The van der Waals surface area contributed by atoms with E-state index in [0.29, 0.717) is 51.0 Å².